The number of rotatable bonds is 8. The molecule has 11 heteroatoms. The number of H-pyrrole nitrogens is 1. The van der Waals surface area contributed by atoms with Gasteiger partial charge in [0.05, 0.1) is 28.2 Å². The Balaban J connectivity index is 2.11. The van der Waals surface area contributed by atoms with E-state index in [4.69, 9.17) is 5.11 Å². The van der Waals surface area contributed by atoms with E-state index in [2.05, 4.69) is 9.97 Å². The third kappa shape index (κ3) is 3.93. The smallest absolute Gasteiger partial charge is 0.316 e. The van der Waals surface area contributed by atoms with Gasteiger partial charge >= 0.3 is 17.1 Å². The fourth-order valence-corrected chi connectivity index (χ4v) is 3.27. The van der Waals surface area contributed by atoms with E-state index in [0.29, 0.717) is 24.8 Å². The summed E-state index contributed by atoms with van der Waals surface area (Å²) in [5, 5.41) is 20.7. The van der Waals surface area contributed by atoms with Crippen molar-refractivity contribution >= 4 is 22.7 Å². The quantitative estimate of drug-likeness (QED) is 0.331. The Hall–Kier alpha value is -3.76. The van der Waals surface area contributed by atoms with Gasteiger partial charge in [0.1, 0.15) is 5.69 Å². The summed E-state index contributed by atoms with van der Waals surface area (Å²) in [7, 11) is 0. The number of nitro benzene ring substituents is 1. The number of nitro groups is 1. The molecule has 0 aliphatic carbocycles. The minimum atomic E-state index is -0.909. The van der Waals surface area contributed by atoms with Gasteiger partial charge in [-0.15, -0.1) is 0 Å². The number of benzene rings is 1. The lowest BCUT2D eigenvalue weighted by molar-refractivity contribution is -0.384. The fourth-order valence-electron chi connectivity index (χ4n) is 3.27. The van der Waals surface area contributed by atoms with Crippen LogP contribution in [0.1, 0.15) is 26.2 Å². The maximum absolute atomic E-state index is 12.4. The van der Waals surface area contributed by atoms with Crippen LogP contribution in [0.2, 0.25) is 0 Å². The first-order valence-corrected chi connectivity index (χ1v) is 8.99. The maximum atomic E-state index is 12.4. The molecule has 0 fully saturated rings. The highest BCUT2D eigenvalue weighted by Crippen LogP contribution is 2.27. The first kappa shape index (κ1) is 20.0. The molecule has 0 saturated carbocycles. The zero-order chi connectivity index (χ0) is 21.1. The van der Waals surface area contributed by atoms with Crippen molar-refractivity contribution < 1.29 is 14.8 Å². The van der Waals surface area contributed by atoms with Gasteiger partial charge in [0.15, 0.2) is 0 Å². The molecule has 0 bridgehead atoms. The summed E-state index contributed by atoms with van der Waals surface area (Å²) in [5.41, 5.74) is -1.30. The van der Waals surface area contributed by atoms with E-state index < -0.39 is 27.9 Å². The van der Waals surface area contributed by atoms with Crippen molar-refractivity contribution in [2.24, 2.45) is 5.92 Å². The lowest BCUT2D eigenvalue weighted by Crippen LogP contribution is -2.36. The Morgan fingerprint density at radius 2 is 2.14 bits per heavy atom. The Morgan fingerprint density at radius 3 is 2.72 bits per heavy atom. The van der Waals surface area contributed by atoms with Gasteiger partial charge in [-0.25, -0.2) is 4.98 Å². The summed E-state index contributed by atoms with van der Waals surface area (Å²) in [4.78, 5) is 52.8. The molecule has 11 nitrogen and oxygen atoms in total. The van der Waals surface area contributed by atoms with Crippen LogP contribution in [0.5, 0.6) is 0 Å². The van der Waals surface area contributed by atoms with Crippen LogP contribution >= 0.6 is 0 Å². The molecular weight excluding hydrogens is 382 g/mol. The lowest BCUT2D eigenvalue weighted by atomic mass is 10.0. The van der Waals surface area contributed by atoms with E-state index in [1.54, 1.807) is 6.92 Å². The molecule has 0 aliphatic rings. The molecule has 0 amide bonds. The molecule has 0 saturated heterocycles. The molecule has 1 aromatic carbocycles. The summed E-state index contributed by atoms with van der Waals surface area (Å²) in [6, 6.07) is 2.65. The third-order valence-corrected chi connectivity index (χ3v) is 4.83. The molecule has 0 radical (unpaired) electrons. The number of aromatic nitrogens is 4. The molecule has 0 aliphatic heterocycles. The van der Waals surface area contributed by atoms with Crippen molar-refractivity contribution in [3.8, 4) is 5.69 Å². The SMILES string of the molecule is CCC(CCCn1c(=O)c(=O)[nH]c2cc([N+](=O)[O-])c(-n3ccnc3)cc21)C(=O)O. The van der Waals surface area contributed by atoms with Gasteiger partial charge in [0.2, 0.25) is 0 Å². The van der Waals surface area contributed by atoms with Crippen LogP contribution in [0.3, 0.4) is 0 Å². The zero-order valence-corrected chi connectivity index (χ0v) is 15.6. The molecule has 29 heavy (non-hydrogen) atoms. The second-order valence-corrected chi connectivity index (χ2v) is 6.58. The number of aliphatic carboxylic acids is 1. The van der Waals surface area contributed by atoms with E-state index in [1.165, 1.54) is 40.0 Å². The van der Waals surface area contributed by atoms with E-state index in [-0.39, 0.29) is 23.4 Å². The minimum Gasteiger partial charge on any atom is -0.481 e. The van der Waals surface area contributed by atoms with E-state index in [1.807, 2.05) is 0 Å². The lowest BCUT2D eigenvalue weighted by Gasteiger charge is -2.13. The average Bonchev–Trinajstić information content (AvgIpc) is 3.21. The van der Waals surface area contributed by atoms with Gasteiger partial charge in [0, 0.05) is 25.0 Å². The van der Waals surface area contributed by atoms with Gasteiger partial charge in [-0.3, -0.25) is 24.5 Å². The van der Waals surface area contributed by atoms with Gasteiger partial charge < -0.3 is 19.2 Å². The van der Waals surface area contributed by atoms with Crippen molar-refractivity contribution in [3.63, 3.8) is 0 Å². The highest BCUT2D eigenvalue weighted by molar-refractivity contribution is 5.82. The number of carboxylic acids is 1. The summed E-state index contributed by atoms with van der Waals surface area (Å²) < 4.78 is 2.67. The monoisotopic (exact) mass is 401 g/mol. The van der Waals surface area contributed by atoms with Crippen LogP contribution in [-0.4, -0.2) is 35.1 Å². The minimum absolute atomic E-state index is 0.115. The first-order valence-electron chi connectivity index (χ1n) is 8.99. The molecule has 1 atom stereocenters. The van der Waals surface area contributed by atoms with Gasteiger partial charge in [-0.1, -0.05) is 6.92 Å². The van der Waals surface area contributed by atoms with Crippen LogP contribution in [0.25, 0.3) is 16.7 Å². The predicted octanol–water partition coefficient (Wildman–Crippen LogP) is 1.67. The number of aromatic amines is 1. The summed E-state index contributed by atoms with van der Waals surface area (Å²) in [6.45, 7) is 1.88. The van der Waals surface area contributed by atoms with Crippen molar-refractivity contribution in [2.45, 2.75) is 32.7 Å². The normalized spacial score (nSPS) is 12.2. The van der Waals surface area contributed by atoms with Crippen LogP contribution in [0, 0.1) is 16.0 Å². The van der Waals surface area contributed by atoms with Crippen LogP contribution in [0.4, 0.5) is 5.69 Å². The van der Waals surface area contributed by atoms with E-state index in [9.17, 15) is 24.5 Å². The number of nitrogens with one attached hydrogen (secondary N) is 1. The molecule has 0 spiro atoms. The largest absolute Gasteiger partial charge is 0.481 e. The topological polar surface area (TPSA) is 153 Å². The second kappa shape index (κ2) is 8.09. The highest BCUT2D eigenvalue weighted by atomic mass is 16.6. The highest BCUT2D eigenvalue weighted by Gasteiger charge is 2.20. The van der Waals surface area contributed by atoms with E-state index in [0.717, 1.165) is 0 Å². The van der Waals surface area contributed by atoms with Crippen molar-refractivity contribution in [3.05, 3.63) is 61.7 Å². The number of imidazole rings is 1. The Morgan fingerprint density at radius 1 is 1.38 bits per heavy atom. The second-order valence-electron chi connectivity index (χ2n) is 6.58. The molecule has 3 aromatic rings. The van der Waals surface area contributed by atoms with Crippen LogP contribution in [-0.2, 0) is 11.3 Å². The standard InChI is InChI=1S/C18H19N5O6/c1-2-11(18(26)27)4-3-6-22-13-9-14(21-7-5-19-10-21)15(23(28)29)8-12(13)20-16(24)17(22)25/h5,7-11H,2-4,6H2,1H3,(H,20,24)(H,26,27). The molecular formula is C18H19N5O6. The summed E-state index contributed by atoms with van der Waals surface area (Å²) in [5.74, 6) is -1.45. The number of aryl methyl sites for hydroxylation is 1. The average molecular weight is 401 g/mol. The Kier molecular flexibility index (Phi) is 5.57. The molecule has 152 valence electrons. The molecule has 3 rings (SSSR count). The van der Waals surface area contributed by atoms with Crippen LogP contribution < -0.4 is 11.1 Å². The predicted molar refractivity (Wildman–Crippen MR) is 103 cm³/mol. The van der Waals surface area contributed by atoms with Crippen LogP contribution in [0.15, 0.2) is 40.4 Å². The fraction of sp³-hybridized carbons (Fsp3) is 0.333. The molecule has 2 N–H and O–H groups in total. The molecule has 2 aromatic heterocycles. The first-order chi connectivity index (χ1) is 13.8. The number of fused-ring (bicyclic) bond motifs is 1. The summed E-state index contributed by atoms with van der Waals surface area (Å²) in [6.07, 6.45) is 5.54. The Labute approximate surface area is 163 Å². The van der Waals surface area contributed by atoms with Gasteiger partial charge in [0.25, 0.3) is 5.69 Å². The van der Waals surface area contributed by atoms with Crippen molar-refractivity contribution in [1.29, 1.82) is 0 Å². The number of hydrogen-bond acceptors (Lipinski definition) is 6. The van der Waals surface area contributed by atoms with Crippen molar-refractivity contribution in [2.75, 3.05) is 0 Å². The maximum Gasteiger partial charge on any atom is 0.316 e. The Bertz CT molecular complexity index is 1180. The molecule has 1 unspecified atom stereocenters. The van der Waals surface area contributed by atoms with Crippen molar-refractivity contribution in [1.82, 2.24) is 19.1 Å². The number of carboxylic acid groups (broad SMARTS) is 1. The number of nitrogens with zero attached hydrogens (tertiary/aromatic N) is 4. The van der Waals surface area contributed by atoms with Gasteiger partial charge in [-0.05, 0) is 25.3 Å². The van der Waals surface area contributed by atoms with Gasteiger partial charge in [-0.2, -0.15) is 0 Å². The zero-order valence-electron chi connectivity index (χ0n) is 15.6. The third-order valence-electron chi connectivity index (χ3n) is 4.83. The summed E-state index contributed by atoms with van der Waals surface area (Å²) >= 11 is 0. The van der Waals surface area contributed by atoms with E-state index >= 15 is 0 Å². The number of hydrogen-bond donors (Lipinski definition) is 2. The molecule has 2 heterocycles. The number of carbonyl (C=O) groups is 1.